The van der Waals surface area contributed by atoms with Gasteiger partial charge < -0.3 is 5.11 Å². The highest BCUT2D eigenvalue weighted by Crippen LogP contribution is 2.35. The number of aryl methyl sites for hydroxylation is 1. The third-order valence-corrected chi connectivity index (χ3v) is 4.64. The number of unbranched alkanes of at least 4 members (excludes halogenated alkanes) is 4. The summed E-state index contributed by atoms with van der Waals surface area (Å²) in [5.41, 5.74) is 3.57. The third kappa shape index (κ3) is 5.27. The highest BCUT2D eigenvalue weighted by Gasteiger charge is 2.20. The molecule has 1 aromatic rings. The lowest BCUT2D eigenvalue weighted by atomic mass is 9.83. The highest BCUT2D eigenvalue weighted by molar-refractivity contribution is 14.1. The molecule has 0 saturated carbocycles. The highest BCUT2D eigenvalue weighted by atomic mass is 127. The van der Waals surface area contributed by atoms with E-state index in [-0.39, 0.29) is 5.41 Å². The molecule has 0 bridgehead atoms. The van der Waals surface area contributed by atoms with E-state index in [4.69, 9.17) is 0 Å². The molecule has 0 atom stereocenters. The molecule has 0 unspecified atom stereocenters. The van der Waals surface area contributed by atoms with Crippen LogP contribution in [0.25, 0.3) is 0 Å². The first-order chi connectivity index (χ1) is 9.40. The molecule has 2 heteroatoms. The summed E-state index contributed by atoms with van der Waals surface area (Å²) in [5, 5.41) is 10.5. The van der Waals surface area contributed by atoms with Crippen molar-refractivity contribution >= 4 is 22.6 Å². The Labute approximate surface area is 138 Å². The van der Waals surface area contributed by atoms with Gasteiger partial charge in [0.2, 0.25) is 0 Å². The van der Waals surface area contributed by atoms with Crippen molar-refractivity contribution in [1.29, 1.82) is 0 Å². The molecule has 0 aliphatic heterocycles. The monoisotopic (exact) mass is 388 g/mol. The van der Waals surface area contributed by atoms with Crippen molar-refractivity contribution < 1.29 is 5.11 Å². The van der Waals surface area contributed by atoms with Crippen LogP contribution >= 0.6 is 22.6 Å². The van der Waals surface area contributed by atoms with Gasteiger partial charge in [0.1, 0.15) is 5.75 Å². The van der Waals surface area contributed by atoms with Crippen molar-refractivity contribution in [3.8, 4) is 5.75 Å². The Hall–Kier alpha value is -0.250. The SMILES string of the molecule is CCCCCCCc1cc(CI)cc(C(C)(C)C)c1O. The molecule has 0 aliphatic rings. The van der Waals surface area contributed by atoms with Crippen molar-refractivity contribution in [2.24, 2.45) is 0 Å². The van der Waals surface area contributed by atoms with Crippen LogP contribution in [0.4, 0.5) is 0 Å². The van der Waals surface area contributed by atoms with Crippen LogP contribution in [-0.2, 0) is 16.3 Å². The van der Waals surface area contributed by atoms with Gasteiger partial charge in [-0.3, -0.25) is 0 Å². The normalized spacial score (nSPS) is 11.8. The van der Waals surface area contributed by atoms with Crippen molar-refractivity contribution in [2.45, 2.75) is 76.1 Å². The van der Waals surface area contributed by atoms with Gasteiger partial charge in [0.05, 0.1) is 0 Å². The van der Waals surface area contributed by atoms with Crippen LogP contribution in [-0.4, -0.2) is 5.11 Å². The van der Waals surface area contributed by atoms with E-state index in [9.17, 15) is 5.11 Å². The number of phenols is 1. The van der Waals surface area contributed by atoms with Gasteiger partial charge in [0, 0.05) is 4.43 Å². The molecule has 0 spiro atoms. The Bertz CT molecular complexity index is 418. The molecule has 0 heterocycles. The summed E-state index contributed by atoms with van der Waals surface area (Å²) >= 11 is 2.40. The van der Waals surface area contributed by atoms with Gasteiger partial charge in [0.25, 0.3) is 0 Å². The zero-order chi connectivity index (χ0) is 15.2. The quantitative estimate of drug-likeness (QED) is 0.338. The Morgan fingerprint density at radius 2 is 1.70 bits per heavy atom. The minimum atomic E-state index is 0.00284. The fraction of sp³-hybridized carbons (Fsp3) is 0.667. The average Bonchev–Trinajstić information content (AvgIpc) is 2.39. The minimum absolute atomic E-state index is 0.00284. The van der Waals surface area contributed by atoms with E-state index in [0.717, 1.165) is 22.0 Å². The number of hydrogen-bond donors (Lipinski definition) is 1. The lowest BCUT2D eigenvalue weighted by molar-refractivity contribution is 0.438. The Morgan fingerprint density at radius 3 is 2.25 bits per heavy atom. The van der Waals surface area contributed by atoms with E-state index < -0.39 is 0 Å². The standard InChI is InChI=1S/C18H29IO/c1-5-6-7-8-9-10-15-11-14(13-19)12-16(17(15)20)18(2,3)4/h11-12,20H,5-10,13H2,1-4H3. The fourth-order valence-corrected chi connectivity index (χ4v) is 2.96. The number of phenolic OH excluding ortho intramolecular Hbond substituents is 1. The van der Waals surface area contributed by atoms with Crippen LogP contribution in [0.3, 0.4) is 0 Å². The Kier molecular flexibility index (Phi) is 7.35. The molecule has 1 nitrogen and oxygen atoms in total. The number of rotatable bonds is 7. The second-order valence-electron chi connectivity index (χ2n) is 6.70. The van der Waals surface area contributed by atoms with Gasteiger partial charge in [-0.2, -0.15) is 0 Å². The molecule has 0 saturated heterocycles. The third-order valence-electron chi connectivity index (χ3n) is 3.76. The van der Waals surface area contributed by atoms with Crippen molar-refractivity contribution in [1.82, 2.24) is 0 Å². The molecule has 1 rings (SSSR count). The maximum Gasteiger partial charge on any atom is 0.122 e. The largest absolute Gasteiger partial charge is 0.507 e. The molecule has 0 amide bonds. The minimum Gasteiger partial charge on any atom is -0.507 e. The maximum atomic E-state index is 10.5. The molecule has 0 radical (unpaired) electrons. The number of aromatic hydroxyl groups is 1. The van der Waals surface area contributed by atoms with Gasteiger partial charge in [-0.05, 0) is 34.9 Å². The number of hydrogen-bond acceptors (Lipinski definition) is 1. The van der Waals surface area contributed by atoms with Gasteiger partial charge in [-0.15, -0.1) is 0 Å². The molecule has 0 fully saturated rings. The van der Waals surface area contributed by atoms with E-state index in [2.05, 4.69) is 62.4 Å². The molecular weight excluding hydrogens is 359 g/mol. The van der Waals surface area contributed by atoms with E-state index in [1.165, 1.54) is 37.7 Å². The van der Waals surface area contributed by atoms with Crippen molar-refractivity contribution in [2.75, 3.05) is 0 Å². The predicted octanol–water partition coefficient (Wildman–Crippen LogP) is 6.14. The van der Waals surface area contributed by atoms with Gasteiger partial charge in [0.15, 0.2) is 0 Å². The summed E-state index contributed by atoms with van der Waals surface area (Å²) in [6.07, 6.45) is 7.38. The van der Waals surface area contributed by atoms with Gasteiger partial charge >= 0.3 is 0 Å². The smallest absolute Gasteiger partial charge is 0.122 e. The summed E-state index contributed by atoms with van der Waals surface area (Å²) in [7, 11) is 0. The van der Waals surface area contributed by atoms with Gasteiger partial charge in [-0.1, -0.05) is 88.1 Å². The van der Waals surface area contributed by atoms with Crippen LogP contribution in [0.1, 0.15) is 76.5 Å². The van der Waals surface area contributed by atoms with Crippen LogP contribution in [0, 0.1) is 0 Å². The molecule has 1 N–H and O–H groups in total. The predicted molar refractivity (Wildman–Crippen MR) is 97.0 cm³/mol. The molecule has 0 aromatic heterocycles. The van der Waals surface area contributed by atoms with Crippen molar-refractivity contribution in [3.05, 3.63) is 28.8 Å². The number of halogens is 1. The molecular formula is C18H29IO. The average molecular weight is 388 g/mol. The molecule has 114 valence electrons. The first-order valence-corrected chi connectivity index (χ1v) is 9.34. The summed E-state index contributed by atoms with van der Waals surface area (Å²) in [6, 6.07) is 4.36. The second-order valence-corrected chi connectivity index (χ2v) is 7.46. The lowest BCUT2D eigenvalue weighted by Gasteiger charge is -2.23. The molecule has 20 heavy (non-hydrogen) atoms. The number of benzene rings is 1. The fourth-order valence-electron chi connectivity index (χ4n) is 2.52. The zero-order valence-electron chi connectivity index (χ0n) is 13.4. The van der Waals surface area contributed by atoms with Crippen LogP contribution in [0.5, 0.6) is 5.75 Å². The van der Waals surface area contributed by atoms with Crippen LogP contribution < -0.4 is 0 Å². The Morgan fingerprint density at radius 1 is 1.05 bits per heavy atom. The van der Waals surface area contributed by atoms with Crippen LogP contribution in [0.2, 0.25) is 0 Å². The molecule has 1 aromatic carbocycles. The second kappa shape index (κ2) is 8.26. The molecule has 0 aliphatic carbocycles. The van der Waals surface area contributed by atoms with E-state index in [1.807, 2.05) is 0 Å². The first-order valence-electron chi connectivity index (χ1n) is 7.81. The van der Waals surface area contributed by atoms with Crippen LogP contribution in [0.15, 0.2) is 12.1 Å². The number of alkyl halides is 1. The van der Waals surface area contributed by atoms with E-state index >= 15 is 0 Å². The lowest BCUT2D eigenvalue weighted by Crippen LogP contribution is -2.13. The van der Waals surface area contributed by atoms with Gasteiger partial charge in [-0.25, -0.2) is 0 Å². The first kappa shape index (κ1) is 17.8. The maximum absolute atomic E-state index is 10.5. The summed E-state index contributed by atoms with van der Waals surface area (Å²) < 4.78 is 1.00. The summed E-state index contributed by atoms with van der Waals surface area (Å²) in [6.45, 7) is 8.75. The summed E-state index contributed by atoms with van der Waals surface area (Å²) in [4.78, 5) is 0. The van der Waals surface area contributed by atoms with E-state index in [0.29, 0.717) is 5.75 Å². The topological polar surface area (TPSA) is 20.2 Å². The van der Waals surface area contributed by atoms with Crippen molar-refractivity contribution in [3.63, 3.8) is 0 Å². The van der Waals surface area contributed by atoms with E-state index in [1.54, 1.807) is 0 Å². The zero-order valence-corrected chi connectivity index (χ0v) is 15.6. The Balaban J connectivity index is 2.84. The summed E-state index contributed by atoms with van der Waals surface area (Å²) in [5.74, 6) is 0.529.